The van der Waals surface area contributed by atoms with E-state index >= 15 is 0 Å². The van der Waals surface area contributed by atoms with E-state index in [1.165, 1.54) is 12.1 Å². The highest BCUT2D eigenvalue weighted by molar-refractivity contribution is 6.16. The molecule has 1 aromatic heterocycles. The number of halogens is 2. The number of alkyl halides is 1. The van der Waals surface area contributed by atoms with Gasteiger partial charge in [0.15, 0.2) is 0 Å². The number of hydrogen-bond acceptors (Lipinski definition) is 3. The molecule has 1 aromatic carbocycles. The minimum Gasteiger partial charge on any atom is -0.382 e. The van der Waals surface area contributed by atoms with Gasteiger partial charge in [0.2, 0.25) is 0 Å². The third-order valence-corrected chi connectivity index (χ3v) is 3.50. The molecule has 0 bridgehead atoms. The summed E-state index contributed by atoms with van der Waals surface area (Å²) in [5, 5.41) is 0. The number of aryl methyl sites for hydroxylation is 1. The van der Waals surface area contributed by atoms with Crippen LogP contribution in [0.3, 0.4) is 0 Å². The summed E-state index contributed by atoms with van der Waals surface area (Å²) < 4.78 is 25.7. The highest BCUT2D eigenvalue weighted by atomic mass is 35.5. The van der Waals surface area contributed by atoms with Crippen LogP contribution in [0, 0.1) is 5.82 Å². The molecule has 0 saturated heterocycles. The van der Waals surface area contributed by atoms with E-state index in [4.69, 9.17) is 21.1 Å². The van der Waals surface area contributed by atoms with Gasteiger partial charge in [0.25, 0.3) is 0 Å². The molecule has 0 atom stereocenters. The van der Waals surface area contributed by atoms with Crippen LogP contribution in [-0.2, 0) is 21.9 Å². The molecule has 0 N–H and O–H groups in total. The van der Waals surface area contributed by atoms with Gasteiger partial charge in [-0.2, -0.15) is 0 Å². The van der Waals surface area contributed by atoms with Crippen molar-refractivity contribution in [2.75, 3.05) is 26.9 Å². The van der Waals surface area contributed by atoms with Gasteiger partial charge < -0.3 is 14.0 Å². The maximum absolute atomic E-state index is 13.4. The number of benzene rings is 1. The van der Waals surface area contributed by atoms with E-state index in [0.717, 1.165) is 36.2 Å². The lowest BCUT2D eigenvalue weighted by molar-refractivity contribution is 0.0684. The average molecular weight is 315 g/mol. The Morgan fingerprint density at radius 1 is 1.24 bits per heavy atom. The monoisotopic (exact) mass is 314 g/mol. The Labute approximate surface area is 128 Å². The molecule has 2 rings (SSSR count). The number of aromatic nitrogens is 2. The number of hydrogen-bond donors (Lipinski definition) is 0. The van der Waals surface area contributed by atoms with Gasteiger partial charge in [-0.05, 0) is 31.0 Å². The first kappa shape index (κ1) is 16.2. The zero-order valence-corrected chi connectivity index (χ0v) is 12.9. The normalized spacial score (nSPS) is 11.4. The highest BCUT2D eigenvalue weighted by Gasteiger charge is 2.10. The predicted molar refractivity (Wildman–Crippen MR) is 81.2 cm³/mol. The number of unbranched alkanes of at least 4 members (excludes halogenated alkanes) is 1. The van der Waals surface area contributed by atoms with Crippen LogP contribution in [0.25, 0.3) is 11.0 Å². The van der Waals surface area contributed by atoms with Crippen LogP contribution >= 0.6 is 11.6 Å². The molecule has 4 nitrogen and oxygen atoms in total. The van der Waals surface area contributed by atoms with Gasteiger partial charge in [-0.15, -0.1) is 11.6 Å². The lowest BCUT2D eigenvalue weighted by atomic mass is 10.3. The smallest absolute Gasteiger partial charge is 0.125 e. The molecule has 0 radical (unpaired) electrons. The Morgan fingerprint density at radius 3 is 2.86 bits per heavy atom. The van der Waals surface area contributed by atoms with Crippen LogP contribution in [0.15, 0.2) is 18.2 Å². The Morgan fingerprint density at radius 2 is 2.10 bits per heavy atom. The summed E-state index contributed by atoms with van der Waals surface area (Å²) in [5.74, 6) is 0.839. The van der Waals surface area contributed by atoms with Crippen LogP contribution in [0.5, 0.6) is 0 Å². The fourth-order valence-corrected chi connectivity index (χ4v) is 2.42. The topological polar surface area (TPSA) is 36.3 Å². The van der Waals surface area contributed by atoms with E-state index in [1.807, 2.05) is 4.57 Å². The molecule has 0 aliphatic rings. The second-order valence-corrected chi connectivity index (χ2v) is 5.03. The molecule has 21 heavy (non-hydrogen) atoms. The summed E-state index contributed by atoms with van der Waals surface area (Å²) in [6, 6.07) is 4.61. The first-order chi connectivity index (χ1) is 10.3. The van der Waals surface area contributed by atoms with Crippen molar-refractivity contribution in [3.63, 3.8) is 0 Å². The van der Waals surface area contributed by atoms with E-state index in [0.29, 0.717) is 25.7 Å². The van der Waals surface area contributed by atoms with Crippen molar-refractivity contribution in [1.29, 1.82) is 0 Å². The minimum absolute atomic E-state index is 0.257. The number of fused-ring (bicyclic) bond motifs is 1. The van der Waals surface area contributed by atoms with Crippen molar-refractivity contribution in [3.8, 4) is 0 Å². The molecule has 0 unspecified atom stereocenters. The molecule has 6 heteroatoms. The lowest BCUT2D eigenvalue weighted by Crippen LogP contribution is -2.06. The van der Waals surface area contributed by atoms with Gasteiger partial charge in [0.1, 0.15) is 11.6 Å². The van der Waals surface area contributed by atoms with Gasteiger partial charge >= 0.3 is 0 Å². The Kier molecular flexibility index (Phi) is 6.42. The largest absolute Gasteiger partial charge is 0.382 e. The number of nitrogens with zero attached hydrogens (tertiary/aromatic N) is 2. The van der Waals surface area contributed by atoms with Crippen molar-refractivity contribution in [2.45, 2.75) is 25.3 Å². The van der Waals surface area contributed by atoms with E-state index in [2.05, 4.69) is 4.98 Å². The molecule has 116 valence electrons. The molecular weight excluding hydrogens is 295 g/mol. The standard InChI is InChI=1S/C15H20ClFN2O2/c1-20-8-9-21-7-3-2-6-19-14-10-12(17)4-5-13(14)18-15(19)11-16/h4-5,10H,2-3,6-9,11H2,1H3. The first-order valence-corrected chi connectivity index (χ1v) is 7.57. The van der Waals surface area contributed by atoms with Crippen molar-refractivity contribution < 1.29 is 13.9 Å². The number of ether oxygens (including phenoxy) is 2. The SMILES string of the molecule is COCCOCCCCn1c(CCl)nc2ccc(F)cc21. The van der Waals surface area contributed by atoms with Crippen molar-refractivity contribution in [3.05, 3.63) is 29.8 Å². The fourth-order valence-electron chi connectivity index (χ4n) is 2.22. The third kappa shape index (κ3) is 4.40. The van der Waals surface area contributed by atoms with Gasteiger partial charge in [0.05, 0.1) is 30.1 Å². The third-order valence-electron chi connectivity index (χ3n) is 3.26. The summed E-state index contributed by atoms with van der Waals surface area (Å²) in [4.78, 5) is 4.43. The average Bonchev–Trinajstić information content (AvgIpc) is 2.83. The number of methoxy groups -OCH3 is 1. The molecule has 2 aromatic rings. The zero-order chi connectivity index (χ0) is 15.1. The summed E-state index contributed by atoms with van der Waals surface area (Å²) >= 11 is 5.92. The second kappa shape index (κ2) is 8.32. The molecule has 1 heterocycles. The number of rotatable bonds is 9. The van der Waals surface area contributed by atoms with E-state index in [-0.39, 0.29) is 5.82 Å². The van der Waals surface area contributed by atoms with Crippen molar-refractivity contribution in [2.24, 2.45) is 0 Å². The van der Waals surface area contributed by atoms with Crippen molar-refractivity contribution >= 4 is 22.6 Å². The van der Waals surface area contributed by atoms with Crippen molar-refractivity contribution in [1.82, 2.24) is 9.55 Å². The van der Waals surface area contributed by atoms with Gasteiger partial charge in [0, 0.05) is 20.3 Å². The predicted octanol–water partition coefficient (Wildman–Crippen LogP) is 3.36. The molecule has 0 fully saturated rings. The van der Waals surface area contributed by atoms with Crippen LogP contribution in [0.2, 0.25) is 0 Å². The second-order valence-electron chi connectivity index (χ2n) is 4.76. The summed E-state index contributed by atoms with van der Waals surface area (Å²) in [6.45, 7) is 2.68. The minimum atomic E-state index is -0.257. The lowest BCUT2D eigenvalue weighted by Gasteiger charge is -2.08. The summed E-state index contributed by atoms with van der Waals surface area (Å²) in [6.07, 6.45) is 1.86. The Balaban J connectivity index is 1.92. The molecule has 0 amide bonds. The molecule has 0 saturated carbocycles. The van der Waals surface area contributed by atoms with E-state index in [1.54, 1.807) is 13.2 Å². The van der Waals surface area contributed by atoms with Gasteiger partial charge in [-0.1, -0.05) is 0 Å². The maximum Gasteiger partial charge on any atom is 0.125 e. The molecule has 0 aliphatic carbocycles. The van der Waals surface area contributed by atoms with Crippen LogP contribution in [-0.4, -0.2) is 36.5 Å². The highest BCUT2D eigenvalue weighted by Crippen LogP contribution is 2.19. The molecular formula is C15H20ClFN2O2. The Hall–Kier alpha value is -1.17. The molecule has 0 aliphatic heterocycles. The van der Waals surface area contributed by atoms with Crippen LogP contribution < -0.4 is 0 Å². The van der Waals surface area contributed by atoms with Gasteiger partial charge in [-0.3, -0.25) is 0 Å². The van der Waals surface area contributed by atoms with E-state index in [9.17, 15) is 4.39 Å². The summed E-state index contributed by atoms with van der Waals surface area (Å²) in [7, 11) is 1.65. The Bertz CT molecular complexity index is 574. The maximum atomic E-state index is 13.4. The van der Waals surface area contributed by atoms with Gasteiger partial charge in [-0.25, -0.2) is 9.37 Å². The van der Waals surface area contributed by atoms with Crippen LogP contribution in [0.1, 0.15) is 18.7 Å². The van der Waals surface area contributed by atoms with Crippen LogP contribution in [0.4, 0.5) is 4.39 Å². The fraction of sp³-hybridized carbons (Fsp3) is 0.533. The zero-order valence-electron chi connectivity index (χ0n) is 12.1. The number of imidazole rings is 1. The van der Waals surface area contributed by atoms with E-state index < -0.39 is 0 Å². The molecule has 0 spiro atoms. The first-order valence-electron chi connectivity index (χ1n) is 7.03. The quantitative estimate of drug-likeness (QED) is 0.526. The summed E-state index contributed by atoms with van der Waals surface area (Å²) in [5.41, 5.74) is 1.58.